The lowest BCUT2D eigenvalue weighted by Gasteiger charge is -2.26. The van der Waals surface area contributed by atoms with Gasteiger partial charge < -0.3 is 10.1 Å². The summed E-state index contributed by atoms with van der Waals surface area (Å²) in [5, 5.41) is 3.31. The van der Waals surface area contributed by atoms with Crippen LogP contribution in [0, 0.1) is 0 Å². The van der Waals surface area contributed by atoms with Gasteiger partial charge in [-0.2, -0.15) is 4.98 Å². The van der Waals surface area contributed by atoms with E-state index in [1.165, 1.54) is 6.42 Å². The maximum absolute atomic E-state index is 5.87. The number of anilines is 1. The third-order valence-corrected chi connectivity index (χ3v) is 3.13. The van der Waals surface area contributed by atoms with E-state index in [1.54, 1.807) is 0 Å². The number of ether oxygens (including phenoxy) is 1. The molecule has 0 aliphatic heterocycles. The van der Waals surface area contributed by atoms with Crippen LogP contribution in [0.3, 0.4) is 0 Å². The highest BCUT2D eigenvalue weighted by molar-refractivity contribution is 5.38. The molecule has 1 fully saturated rings. The molecule has 0 atom stereocenters. The van der Waals surface area contributed by atoms with Gasteiger partial charge in [-0.3, -0.25) is 0 Å². The summed E-state index contributed by atoms with van der Waals surface area (Å²) in [5.74, 6) is 2.77. The molecule has 1 N–H and O–H groups in total. The van der Waals surface area contributed by atoms with Crippen LogP contribution in [-0.2, 0) is 0 Å². The maximum Gasteiger partial charge on any atom is 0.219 e. The van der Waals surface area contributed by atoms with E-state index in [2.05, 4.69) is 36.1 Å². The van der Waals surface area contributed by atoms with E-state index >= 15 is 0 Å². The van der Waals surface area contributed by atoms with Gasteiger partial charge in [-0.05, 0) is 25.7 Å². The predicted octanol–water partition coefficient (Wildman–Crippen LogP) is 3.35. The molecule has 1 heterocycles. The zero-order valence-corrected chi connectivity index (χ0v) is 11.6. The first kappa shape index (κ1) is 13.1. The first-order valence-corrected chi connectivity index (χ1v) is 6.98. The summed E-state index contributed by atoms with van der Waals surface area (Å²) < 4.78 is 5.87. The SMILES string of the molecule is CCCNc1cc(OC2CCC2)nc(C(C)C)n1. The minimum absolute atomic E-state index is 0.317. The van der Waals surface area contributed by atoms with Crippen molar-refractivity contribution >= 4 is 5.82 Å². The van der Waals surface area contributed by atoms with Crippen molar-refractivity contribution in [1.29, 1.82) is 0 Å². The lowest BCUT2D eigenvalue weighted by Crippen LogP contribution is -2.25. The van der Waals surface area contributed by atoms with Gasteiger partial charge in [0.1, 0.15) is 17.7 Å². The number of aromatic nitrogens is 2. The first-order chi connectivity index (χ1) is 8.69. The molecule has 0 spiro atoms. The quantitative estimate of drug-likeness (QED) is 0.839. The Labute approximate surface area is 109 Å². The van der Waals surface area contributed by atoms with Crippen molar-refractivity contribution in [3.63, 3.8) is 0 Å². The fourth-order valence-corrected chi connectivity index (χ4v) is 1.76. The van der Waals surface area contributed by atoms with E-state index in [9.17, 15) is 0 Å². The highest BCUT2D eigenvalue weighted by atomic mass is 16.5. The fourth-order valence-electron chi connectivity index (χ4n) is 1.76. The zero-order chi connectivity index (χ0) is 13.0. The molecule has 100 valence electrons. The topological polar surface area (TPSA) is 47.0 Å². The summed E-state index contributed by atoms with van der Waals surface area (Å²) in [5.41, 5.74) is 0. The van der Waals surface area contributed by atoms with E-state index in [0.29, 0.717) is 12.0 Å². The van der Waals surface area contributed by atoms with Crippen LogP contribution >= 0.6 is 0 Å². The molecular weight excluding hydrogens is 226 g/mol. The average molecular weight is 249 g/mol. The van der Waals surface area contributed by atoms with E-state index in [4.69, 9.17) is 4.74 Å². The molecule has 0 aromatic carbocycles. The number of rotatable bonds is 6. The second-order valence-corrected chi connectivity index (χ2v) is 5.20. The number of hydrogen-bond acceptors (Lipinski definition) is 4. The van der Waals surface area contributed by atoms with Crippen molar-refractivity contribution in [3.8, 4) is 5.88 Å². The Bertz CT molecular complexity index is 389. The maximum atomic E-state index is 5.87. The molecule has 1 aromatic rings. The highest BCUT2D eigenvalue weighted by Crippen LogP contribution is 2.26. The summed E-state index contributed by atoms with van der Waals surface area (Å²) in [6, 6.07) is 1.92. The Balaban J connectivity index is 2.12. The van der Waals surface area contributed by atoms with Gasteiger partial charge in [0.05, 0.1) is 0 Å². The Morgan fingerprint density at radius 2 is 2.17 bits per heavy atom. The van der Waals surface area contributed by atoms with E-state index in [0.717, 1.165) is 43.3 Å². The molecule has 4 heteroatoms. The second kappa shape index (κ2) is 6.03. The molecule has 1 saturated carbocycles. The van der Waals surface area contributed by atoms with Gasteiger partial charge in [0.15, 0.2) is 0 Å². The molecule has 0 radical (unpaired) electrons. The lowest BCUT2D eigenvalue weighted by molar-refractivity contribution is 0.114. The molecule has 1 aromatic heterocycles. The van der Waals surface area contributed by atoms with E-state index < -0.39 is 0 Å². The van der Waals surface area contributed by atoms with Crippen LogP contribution in [0.4, 0.5) is 5.82 Å². The summed E-state index contributed by atoms with van der Waals surface area (Å²) >= 11 is 0. The van der Waals surface area contributed by atoms with Crippen LogP contribution in [0.5, 0.6) is 5.88 Å². The van der Waals surface area contributed by atoms with Crippen molar-refractivity contribution in [2.45, 2.75) is 58.5 Å². The van der Waals surface area contributed by atoms with Gasteiger partial charge in [-0.15, -0.1) is 0 Å². The summed E-state index contributed by atoms with van der Waals surface area (Å²) in [6.07, 6.45) is 5.02. The summed E-state index contributed by atoms with van der Waals surface area (Å²) in [6.45, 7) is 7.28. The van der Waals surface area contributed by atoms with Crippen LogP contribution in [-0.4, -0.2) is 22.6 Å². The Kier molecular flexibility index (Phi) is 4.39. The largest absolute Gasteiger partial charge is 0.474 e. The number of nitrogens with one attached hydrogen (secondary N) is 1. The Morgan fingerprint density at radius 1 is 1.39 bits per heavy atom. The molecule has 2 rings (SSSR count). The normalized spacial score (nSPS) is 15.6. The monoisotopic (exact) mass is 249 g/mol. The molecule has 4 nitrogen and oxygen atoms in total. The van der Waals surface area contributed by atoms with E-state index in [-0.39, 0.29) is 0 Å². The van der Waals surface area contributed by atoms with Crippen LogP contribution in [0.15, 0.2) is 6.07 Å². The van der Waals surface area contributed by atoms with Gasteiger partial charge in [0, 0.05) is 18.5 Å². The van der Waals surface area contributed by atoms with Crippen molar-refractivity contribution in [2.75, 3.05) is 11.9 Å². The third-order valence-electron chi connectivity index (χ3n) is 3.13. The molecular formula is C14H23N3O. The Morgan fingerprint density at radius 3 is 2.72 bits per heavy atom. The minimum Gasteiger partial charge on any atom is -0.474 e. The summed E-state index contributed by atoms with van der Waals surface area (Å²) in [7, 11) is 0. The molecule has 0 saturated heterocycles. The van der Waals surface area contributed by atoms with Crippen LogP contribution in [0.1, 0.15) is 58.2 Å². The molecule has 0 unspecified atom stereocenters. The lowest BCUT2D eigenvalue weighted by atomic mass is 9.96. The van der Waals surface area contributed by atoms with Gasteiger partial charge >= 0.3 is 0 Å². The molecule has 18 heavy (non-hydrogen) atoms. The number of hydrogen-bond donors (Lipinski definition) is 1. The smallest absolute Gasteiger partial charge is 0.219 e. The van der Waals surface area contributed by atoms with Crippen LogP contribution in [0.2, 0.25) is 0 Å². The van der Waals surface area contributed by atoms with Crippen molar-refractivity contribution in [2.24, 2.45) is 0 Å². The second-order valence-electron chi connectivity index (χ2n) is 5.20. The predicted molar refractivity (Wildman–Crippen MR) is 73.2 cm³/mol. The molecule has 0 bridgehead atoms. The molecule has 0 amide bonds. The van der Waals surface area contributed by atoms with Gasteiger partial charge in [0.25, 0.3) is 0 Å². The van der Waals surface area contributed by atoms with Gasteiger partial charge in [0.2, 0.25) is 5.88 Å². The standard InChI is InChI=1S/C14H23N3O/c1-4-8-15-12-9-13(18-11-6-5-7-11)17-14(16-12)10(2)3/h9-11H,4-8H2,1-3H3,(H,15,16,17). The average Bonchev–Trinajstić information content (AvgIpc) is 2.31. The molecule has 1 aliphatic carbocycles. The van der Waals surface area contributed by atoms with Crippen LogP contribution < -0.4 is 10.1 Å². The van der Waals surface area contributed by atoms with Crippen molar-refractivity contribution in [1.82, 2.24) is 9.97 Å². The fraction of sp³-hybridized carbons (Fsp3) is 0.714. The van der Waals surface area contributed by atoms with Crippen molar-refractivity contribution < 1.29 is 4.74 Å². The third kappa shape index (κ3) is 3.34. The van der Waals surface area contributed by atoms with Crippen molar-refractivity contribution in [3.05, 3.63) is 11.9 Å². The minimum atomic E-state index is 0.317. The van der Waals surface area contributed by atoms with Gasteiger partial charge in [-0.25, -0.2) is 4.98 Å². The Hall–Kier alpha value is -1.32. The number of nitrogens with zero attached hydrogens (tertiary/aromatic N) is 2. The highest BCUT2D eigenvalue weighted by Gasteiger charge is 2.20. The van der Waals surface area contributed by atoms with Crippen LogP contribution in [0.25, 0.3) is 0 Å². The zero-order valence-electron chi connectivity index (χ0n) is 11.6. The van der Waals surface area contributed by atoms with E-state index in [1.807, 2.05) is 6.07 Å². The van der Waals surface area contributed by atoms with Gasteiger partial charge in [-0.1, -0.05) is 20.8 Å². The molecule has 1 aliphatic rings. The first-order valence-electron chi connectivity index (χ1n) is 6.98. The summed E-state index contributed by atoms with van der Waals surface area (Å²) in [4.78, 5) is 9.01.